The van der Waals surface area contributed by atoms with Gasteiger partial charge in [-0.05, 0) is 63.1 Å². The van der Waals surface area contributed by atoms with Gasteiger partial charge in [-0.2, -0.15) is 0 Å². The van der Waals surface area contributed by atoms with Crippen molar-refractivity contribution in [2.75, 3.05) is 19.7 Å². The van der Waals surface area contributed by atoms with E-state index in [-0.39, 0.29) is 62.7 Å². The maximum Gasteiger partial charge on any atom is 0.326 e. The number of phenolic OH excluding ortho intramolecular Hbond substituents is 1. The predicted octanol–water partition coefficient (Wildman–Crippen LogP) is -5.18. The second-order valence-corrected chi connectivity index (χ2v) is 16.8. The zero-order chi connectivity index (χ0) is 53.4. The Labute approximate surface area is 407 Å². The maximum absolute atomic E-state index is 13.9. The molecule has 1 aromatic carbocycles. The molecule has 0 aliphatic carbocycles. The maximum atomic E-state index is 13.9. The SMILES string of the molecule is CC(C)C[C@H](NC(=O)[C@H](CCCN=C(N)N)NC(=O)[C@H](CO)NC(=O)[C@H](C)NC(=O)[C@H](CCC(=O)O)NC(=O)CN)C(=O)N[C@@H](C)C(=O)N[C@@H](Cc1cnc[nH]1)C(=O)N[C@@H](Cc1ccc(O)cc1)C(=O)O. The summed E-state index contributed by atoms with van der Waals surface area (Å²) in [5, 5.41) is 57.9. The number of aromatic amines is 1. The monoisotopic (exact) mass is 1000 g/mol. The highest BCUT2D eigenvalue weighted by Crippen LogP contribution is 2.13. The fourth-order valence-corrected chi connectivity index (χ4v) is 6.52. The van der Waals surface area contributed by atoms with Crippen LogP contribution in [0.4, 0.5) is 0 Å². The van der Waals surface area contributed by atoms with E-state index in [1.54, 1.807) is 13.8 Å². The van der Waals surface area contributed by atoms with Gasteiger partial charge in [0.05, 0.1) is 19.5 Å². The Morgan fingerprint density at radius 3 is 1.68 bits per heavy atom. The number of hydrogen-bond donors (Lipinski definition) is 16. The van der Waals surface area contributed by atoms with Crippen LogP contribution in [0.15, 0.2) is 41.8 Å². The molecule has 0 bridgehead atoms. The molecule has 0 aliphatic rings. The van der Waals surface area contributed by atoms with Crippen molar-refractivity contribution in [2.45, 2.75) is 121 Å². The lowest BCUT2D eigenvalue weighted by atomic mass is 10.0. The van der Waals surface area contributed by atoms with Crippen molar-refractivity contribution in [3.8, 4) is 5.75 Å². The number of aromatic nitrogens is 2. The summed E-state index contributed by atoms with van der Waals surface area (Å²) >= 11 is 0. The molecule has 0 saturated carbocycles. The van der Waals surface area contributed by atoms with Gasteiger partial charge >= 0.3 is 11.9 Å². The molecular formula is C43H66N14O14. The first kappa shape index (κ1) is 59.2. The standard InChI is InChI=1S/C43H66N14O14/c1-21(2)14-29(39(67)51-22(3)35(63)54-30(16-25-18-47-20-49-25)40(68)56-31(42(70)71)15-24-7-9-26(59)10-8-24)55-38(66)27(6-5-13-48-43(45)46)53-41(69)32(19-58)57-36(64)23(4)50-37(65)28(11-12-34(61)62)52-33(60)17-44/h7-10,18,20-23,27-32,58-59H,5-6,11-17,19,44H2,1-4H3,(H,47,49)(H,50,65)(H,51,67)(H,52,60)(H,53,69)(H,54,63)(H,55,66)(H,56,68)(H,57,64)(H,61,62)(H,70,71)(H4,45,46,48)/t22-,23-,27-,28-,29-,30-,31-,32-/m0/s1. The van der Waals surface area contributed by atoms with Gasteiger partial charge in [-0.1, -0.05) is 26.0 Å². The lowest BCUT2D eigenvalue weighted by Crippen LogP contribution is -2.60. The van der Waals surface area contributed by atoms with Crippen LogP contribution in [-0.4, -0.2) is 164 Å². The molecule has 2 rings (SSSR count). The molecule has 0 aliphatic heterocycles. The normalized spacial score (nSPS) is 14.3. The molecule has 2 aromatic rings. The number of nitrogens with two attached hydrogens (primary N) is 3. The van der Waals surface area contributed by atoms with Crippen LogP contribution >= 0.6 is 0 Å². The van der Waals surface area contributed by atoms with E-state index < -0.39 is 127 Å². The van der Waals surface area contributed by atoms with Gasteiger partial charge in [0.1, 0.15) is 54.1 Å². The number of nitrogens with one attached hydrogen (secondary N) is 9. The second kappa shape index (κ2) is 29.9. The van der Waals surface area contributed by atoms with Crippen LogP contribution in [-0.2, 0) is 60.8 Å². The van der Waals surface area contributed by atoms with E-state index in [9.17, 15) is 63.3 Å². The minimum Gasteiger partial charge on any atom is -0.508 e. The van der Waals surface area contributed by atoms with E-state index in [1.165, 1.54) is 50.6 Å². The van der Waals surface area contributed by atoms with Gasteiger partial charge in [0, 0.05) is 37.7 Å². The van der Waals surface area contributed by atoms with Crippen LogP contribution in [0.1, 0.15) is 71.1 Å². The van der Waals surface area contributed by atoms with Crippen molar-refractivity contribution < 1.29 is 68.4 Å². The number of rotatable bonds is 31. The van der Waals surface area contributed by atoms with Crippen LogP contribution < -0.4 is 59.7 Å². The number of amides is 8. The quantitative estimate of drug-likeness (QED) is 0.0191. The number of aliphatic imine (C=N–C) groups is 1. The number of aliphatic hydroxyl groups excluding tert-OH is 1. The largest absolute Gasteiger partial charge is 0.508 e. The first-order valence-electron chi connectivity index (χ1n) is 22.4. The number of benzene rings is 1. The number of guanidine groups is 1. The molecule has 8 amide bonds. The predicted molar refractivity (Wildman–Crippen MR) is 251 cm³/mol. The number of nitrogens with zero attached hydrogens (tertiary/aromatic N) is 2. The van der Waals surface area contributed by atoms with Crippen molar-refractivity contribution in [1.29, 1.82) is 0 Å². The number of phenols is 1. The fraction of sp³-hybridized carbons (Fsp3) is 0.535. The summed E-state index contributed by atoms with van der Waals surface area (Å²) in [5.41, 5.74) is 17.0. The third-order valence-corrected chi connectivity index (χ3v) is 10.3. The lowest BCUT2D eigenvalue weighted by Gasteiger charge is -2.27. The van der Waals surface area contributed by atoms with E-state index in [1.807, 2.05) is 0 Å². The van der Waals surface area contributed by atoms with E-state index in [0.717, 1.165) is 0 Å². The molecule has 8 atom stereocenters. The summed E-state index contributed by atoms with van der Waals surface area (Å²) in [5.74, 6) is -10.5. The molecule has 71 heavy (non-hydrogen) atoms. The molecule has 28 nitrogen and oxygen atoms in total. The minimum absolute atomic E-state index is 0.00411. The van der Waals surface area contributed by atoms with Crippen molar-refractivity contribution in [3.63, 3.8) is 0 Å². The smallest absolute Gasteiger partial charge is 0.326 e. The van der Waals surface area contributed by atoms with Gasteiger partial charge in [-0.3, -0.25) is 48.1 Å². The highest BCUT2D eigenvalue weighted by atomic mass is 16.4. The number of aliphatic hydroxyl groups is 1. The number of carboxylic acids is 2. The highest BCUT2D eigenvalue weighted by Gasteiger charge is 2.34. The number of hydrogen-bond acceptors (Lipinski definition) is 15. The molecule has 28 heteroatoms. The van der Waals surface area contributed by atoms with Crippen molar-refractivity contribution in [2.24, 2.45) is 28.1 Å². The third kappa shape index (κ3) is 22.0. The Morgan fingerprint density at radius 1 is 0.648 bits per heavy atom. The van der Waals surface area contributed by atoms with Gasteiger partial charge in [0.25, 0.3) is 0 Å². The summed E-state index contributed by atoms with van der Waals surface area (Å²) in [4.78, 5) is 140. The summed E-state index contributed by atoms with van der Waals surface area (Å²) in [6, 6.07) is -5.79. The zero-order valence-electron chi connectivity index (χ0n) is 39.7. The van der Waals surface area contributed by atoms with Crippen LogP contribution in [0.2, 0.25) is 0 Å². The second-order valence-electron chi connectivity index (χ2n) is 16.8. The number of carboxylic acid groups (broad SMARTS) is 2. The van der Waals surface area contributed by atoms with E-state index in [4.69, 9.17) is 22.3 Å². The minimum atomic E-state index is -1.71. The van der Waals surface area contributed by atoms with Crippen LogP contribution in [0.25, 0.3) is 0 Å². The topological polar surface area (TPSA) is 467 Å². The van der Waals surface area contributed by atoms with E-state index >= 15 is 0 Å². The Bertz CT molecular complexity index is 2170. The molecule has 1 aromatic heterocycles. The fourth-order valence-electron chi connectivity index (χ4n) is 6.52. The Hall–Kier alpha value is -7.88. The van der Waals surface area contributed by atoms with Crippen LogP contribution in [0.5, 0.6) is 5.75 Å². The Morgan fingerprint density at radius 2 is 1.15 bits per heavy atom. The summed E-state index contributed by atoms with van der Waals surface area (Å²) in [7, 11) is 0. The summed E-state index contributed by atoms with van der Waals surface area (Å²) in [6.45, 7) is 4.47. The van der Waals surface area contributed by atoms with E-state index in [2.05, 4.69) is 57.5 Å². The van der Waals surface area contributed by atoms with Crippen LogP contribution in [0, 0.1) is 5.92 Å². The van der Waals surface area contributed by atoms with Gasteiger partial charge < -0.3 is 85.1 Å². The summed E-state index contributed by atoms with van der Waals surface area (Å²) in [6.07, 6.45) is 1.47. The number of aromatic hydroxyl groups is 1. The zero-order valence-corrected chi connectivity index (χ0v) is 39.7. The molecule has 0 fully saturated rings. The number of carbonyl (C=O) groups excluding carboxylic acids is 8. The summed E-state index contributed by atoms with van der Waals surface area (Å²) < 4.78 is 0. The van der Waals surface area contributed by atoms with Crippen molar-refractivity contribution in [1.82, 2.24) is 52.5 Å². The van der Waals surface area contributed by atoms with Gasteiger partial charge in [-0.25, -0.2) is 9.78 Å². The molecule has 0 saturated heterocycles. The Kier molecular flexibility index (Phi) is 24.9. The number of imidazole rings is 1. The number of H-pyrrole nitrogens is 1. The van der Waals surface area contributed by atoms with E-state index in [0.29, 0.717) is 11.3 Å². The highest BCUT2D eigenvalue weighted by molar-refractivity contribution is 5.98. The molecular weight excluding hydrogens is 937 g/mol. The number of carbonyl (C=O) groups is 10. The van der Waals surface area contributed by atoms with Gasteiger partial charge in [-0.15, -0.1) is 0 Å². The number of aliphatic carboxylic acids is 2. The first-order chi connectivity index (χ1) is 33.4. The molecule has 0 spiro atoms. The third-order valence-electron chi connectivity index (χ3n) is 10.3. The average molecular weight is 1000 g/mol. The molecule has 0 radical (unpaired) electrons. The molecule has 392 valence electrons. The average Bonchev–Trinajstić information content (AvgIpc) is 3.82. The van der Waals surface area contributed by atoms with Crippen LogP contribution in [0.3, 0.4) is 0 Å². The van der Waals surface area contributed by atoms with Gasteiger partial charge in [0.2, 0.25) is 47.3 Å². The van der Waals surface area contributed by atoms with Crippen molar-refractivity contribution in [3.05, 3.63) is 48.0 Å². The first-order valence-corrected chi connectivity index (χ1v) is 22.4. The molecule has 1 heterocycles. The van der Waals surface area contributed by atoms with Crippen molar-refractivity contribution >= 4 is 65.2 Å². The van der Waals surface area contributed by atoms with Gasteiger partial charge in [0.15, 0.2) is 5.96 Å². The lowest BCUT2D eigenvalue weighted by molar-refractivity contribution is -0.142. The molecule has 0 unspecified atom stereocenters. The Balaban J connectivity index is 2.25. The molecule has 19 N–H and O–H groups in total.